The molecule has 11 heavy (non-hydrogen) atoms. The van der Waals surface area contributed by atoms with Crippen molar-refractivity contribution in [1.82, 2.24) is 9.55 Å². The summed E-state index contributed by atoms with van der Waals surface area (Å²) in [6.07, 6.45) is 1.56. The lowest BCUT2D eigenvalue weighted by Gasteiger charge is -2.01. The lowest BCUT2D eigenvalue weighted by Crippen LogP contribution is -2.09. The van der Waals surface area contributed by atoms with E-state index in [2.05, 4.69) is 4.98 Å². The van der Waals surface area contributed by atoms with E-state index < -0.39 is 5.97 Å². The molecule has 0 fully saturated rings. The summed E-state index contributed by atoms with van der Waals surface area (Å²) in [6, 6.07) is 0. The van der Waals surface area contributed by atoms with Gasteiger partial charge in [-0.2, -0.15) is 0 Å². The van der Waals surface area contributed by atoms with Gasteiger partial charge in [0, 0.05) is 18.4 Å². The van der Waals surface area contributed by atoms with E-state index in [0.717, 1.165) is 5.69 Å². The average molecular weight is 154 g/mol. The number of carbonyl (C=O) groups is 1. The monoisotopic (exact) mass is 154 g/mol. The van der Waals surface area contributed by atoms with E-state index in [1.807, 2.05) is 13.8 Å². The molecule has 0 spiro atoms. The van der Waals surface area contributed by atoms with E-state index in [1.165, 1.54) is 0 Å². The number of nitrogens with zero attached hydrogens (tertiary/aromatic N) is 2. The number of rotatable bonds is 2. The van der Waals surface area contributed by atoms with Gasteiger partial charge in [0.1, 0.15) is 0 Å². The Morgan fingerprint density at radius 3 is 2.82 bits per heavy atom. The van der Waals surface area contributed by atoms with E-state index in [1.54, 1.807) is 10.8 Å². The van der Waals surface area contributed by atoms with Crippen molar-refractivity contribution in [2.24, 2.45) is 0 Å². The van der Waals surface area contributed by atoms with Crippen LogP contribution >= 0.6 is 0 Å². The van der Waals surface area contributed by atoms with Gasteiger partial charge in [0.25, 0.3) is 0 Å². The topological polar surface area (TPSA) is 55.1 Å². The summed E-state index contributed by atoms with van der Waals surface area (Å²) in [7, 11) is 0. The molecule has 0 amide bonds. The van der Waals surface area contributed by atoms with Crippen LogP contribution in [0, 0.1) is 6.92 Å². The molecule has 0 aliphatic heterocycles. The zero-order chi connectivity index (χ0) is 8.43. The van der Waals surface area contributed by atoms with Crippen molar-refractivity contribution in [2.75, 3.05) is 0 Å². The van der Waals surface area contributed by atoms with Crippen LogP contribution in [0.25, 0.3) is 0 Å². The van der Waals surface area contributed by atoms with Crippen LogP contribution in [0.5, 0.6) is 0 Å². The molecule has 1 aromatic heterocycles. The predicted octanol–water partition coefficient (Wildman–Crippen LogP) is 0.910. The number of carboxylic acids is 1. The lowest BCUT2D eigenvalue weighted by atomic mass is 10.5. The average Bonchev–Trinajstić information content (AvgIpc) is 2.30. The highest BCUT2D eigenvalue weighted by molar-refractivity contribution is 5.83. The van der Waals surface area contributed by atoms with Crippen molar-refractivity contribution in [3.05, 3.63) is 17.7 Å². The largest absolute Gasteiger partial charge is 0.475 e. The number of imidazole rings is 1. The second kappa shape index (κ2) is 2.74. The number of aromatic nitrogens is 2. The van der Waals surface area contributed by atoms with Crippen molar-refractivity contribution in [1.29, 1.82) is 0 Å². The van der Waals surface area contributed by atoms with Gasteiger partial charge in [-0.15, -0.1) is 0 Å². The van der Waals surface area contributed by atoms with Crippen molar-refractivity contribution >= 4 is 5.97 Å². The highest BCUT2D eigenvalue weighted by Gasteiger charge is 2.11. The van der Waals surface area contributed by atoms with Crippen LogP contribution in [0.3, 0.4) is 0 Å². The summed E-state index contributed by atoms with van der Waals surface area (Å²) >= 11 is 0. The van der Waals surface area contributed by atoms with E-state index in [0.29, 0.717) is 6.54 Å². The van der Waals surface area contributed by atoms with Gasteiger partial charge in [0.2, 0.25) is 5.82 Å². The number of hydrogen-bond acceptors (Lipinski definition) is 2. The number of aryl methyl sites for hydroxylation is 1. The molecule has 0 radical (unpaired) electrons. The molecule has 0 saturated carbocycles. The molecule has 60 valence electrons. The molecule has 0 atom stereocenters. The predicted molar refractivity (Wildman–Crippen MR) is 39.6 cm³/mol. The van der Waals surface area contributed by atoms with Crippen LogP contribution in [0.4, 0.5) is 0 Å². The van der Waals surface area contributed by atoms with Gasteiger partial charge in [0.05, 0.1) is 0 Å². The summed E-state index contributed by atoms with van der Waals surface area (Å²) in [5, 5.41) is 8.63. The first-order chi connectivity index (χ1) is 5.16. The van der Waals surface area contributed by atoms with Crippen molar-refractivity contribution in [2.45, 2.75) is 20.4 Å². The first-order valence-electron chi connectivity index (χ1n) is 3.42. The van der Waals surface area contributed by atoms with Crippen LogP contribution in [0.1, 0.15) is 23.2 Å². The molecule has 0 unspecified atom stereocenters. The summed E-state index contributed by atoms with van der Waals surface area (Å²) < 4.78 is 1.66. The van der Waals surface area contributed by atoms with E-state index in [-0.39, 0.29) is 5.82 Å². The molecule has 1 aromatic rings. The molecule has 1 N–H and O–H groups in total. The molecule has 4 nitrogen and oxygen atoms in total. The fraction of sp³-hybridized carbons (Fsp3) is 0.429. The van der Waals surface area contributed by atoms with Crippen LogP contribution in [0.2, 0.25) is 0 Å². The number of hydrogen-bond donors (Lipinski definition) is 1. The third-order valence-electron chi connectivity index (χ3n) is 1.56. The maximum atomic E-state index is 10.5. The van der Waals surface area contributed by atoms with E-state index in [4.69, 9.17) is 5.11 Å². The minimum atomic E-state index is -0.972. The quantitative estimate of drug-likeness (QED) is 0.688. The van der Waals surface area contributed by atoms with Gasteiger partial charge in [-0.05, 0) is 13.8 Å². The zero-order valence-electron chi connectivity index (χ0n) is 6.53. The van der Waals surface area contributed by atoms with Crippen LogP contribution in [-0.4, -0.2) is 20.6 Å². The molecular weight excluding hydrogens is 144 g/mol. The summed E-state index contributed by atoms with van der Waals surface area (Å²) in [5.41, 5.74) is 0.880. The van der Waals surface area contributed by atoms with Crippen molar-refractivity contribution in [3.63, 3.8) is 0 Å². The number of aromatic carboxylic acids is 1. The molecule has 1 heterocycles. The maximum absolute atomic E-state index is 10.5. The Morgan fingerprint density at radius 2 is 2.45 bits per heavy atom. The molecule has 1 rings (SSSR count). The first kappa shape index (κ1) is 7.78. The molecule has 0 aliphatic carbocycles. The highest BCUT2D eigenvalue weighted by atomic mass is 16.4. The van der Waals surface area contributed by atoms with Gasteiger partial charge in [-0.25, -0.2) is 9.78 Å². The molecule has 0 saturated heterocycles. The Morgan fingerprint density at radius 1 is 1.82 bits per heavy atom. The second-order valence-corrected chi connectivity index (χ2v) is 2.27. The van der Waals surface area contributed by atoms with Gasteiger partial charge in [0.15, 0.2) is 0 Å². The smallest absolute Gasteiger partial charge is 0.372 e. The van der Waals surface area contributed by atoms with Gasteiger partial charge in [-0.1, -0.05) is 0 Å². The minimum Gasteiger partial charge on any atom is -0.475 e. The SMILES string of the molecule is CCn1c(C)cnc1C(=O)O. The Labute approximate surface area is 64.5 Å². The molecule has 0 aromatic carbocycles. The molecular formula is C7H10N2O2. The molecule has 4 heteroatoms. The Kier molecular flexibility index (Phi) is 1.94. The third kappa shape index (κ3) is 1.24. The fourth-order valence-electron chi connectivity index (χ4n) is 1.03. The van der Waals surface area contributed by atoms with Gasteiger partial charge in [-0.3, -0.25) is 0 Å². The molecule has 0 bridgehead atoms. The van der Waals surface area contributed by atoms with Crippen molar-refractivity contribution in [3.8, 4) is 0 Å². The standard InChI is InChI=1S/C7H10N2O2/c1-3-9-5(2)4-8-6(9)7(10)11/h4H,3H2,1-2H3,(H,10,11). The fourth-order valence-corrected chi connectivity index (χ4v) is 1.03. The maximum Gasteiger partial charge on any atom is 0.372 e. The second-order valence-electron chi connectivity index (χ2n) is 2.27. The minimum absolute atomic E-state index is 0.116. The van der Waals surface area contributed by atoms with Crippen LogP contribution in [-0.2, 0) is 6.54 Å². The van der Waals surface area contributed by atoms with E-state index in [9.17, 15) is 4.79 Å². The van der Waals surface area contributed by atoms with Gasteiger partial charge < -0.3 is 9.67 Å². The lowest BCUT2D eigenvalue weighted by molar-refractivity contribution is 0.0678. The third-order valence-corrected chi connectivity index (χ3v) is 1.56. The number of carboxylic acid groups (broad SMARTS) is 1. The van der Waals surface area contributed by atoms with Gasteiger partial charge >= 0.3 is 5.97 Å². The van der Waals surface area contributed by atoms with Crippen molar-refractivity contribution < 1.29 is 9.90 Å². The van der Waals surface area contributed by atoms with E-state index >= 15 is 0 Å². The Hall–Kier alpha value is -1.32. The normalized spacial score (nSPS) is 10.0. The highest BCUT2D eigenvalue weighted by Crippen LogP contribution is 2.03. The van der Waals surface area contributed by atoms with Crippen LogP contribution in [0.15, 0.2) is 6.20 Å². The Balaban J connectivity index is 3.15. The summed E-state index contributed by atoms with van der Waals surface area (Å²) in [6.45, 7) is 4.37. The first-order valence-corrected chi connectivity index (χ1v) is 3.42. The summed E-state index contributed by atoms with van der Waals surface area (Å²) in [5.74, 6) is -0.857. The molecule has 0 aliphatic rings. The van der Waals surface area contributed by atoms with Crippen LogP contribution < -0.4 is 0 Å². The zero-order valence-corrected chi connectivity index (χ0v) is 6.53. The summed E-state index contributed by atoms with van der Waals surface area (Å²) in [4.78, 5) is 14.3. The Bertz CT molecular complexity index is 278.